The van der Waals surface area contributed by atoms with Gasteiger partial charge < -0.3 is 10.2 Å². The van der Waals surface area contributed by atoms with Crippen LogP contribution in [-0.2, 0) is 4.79 Å². The Bertz CT molecular complexity index is 181. The second kappa shape index (κ2) is 6.30. The molecule has 1 aliphatic rings. The highest BCUT2D eigenvalue weighted by Gasteiger charge is 2.22. The summed E-state index contributed by atoms with van der Waals surface area (Å²) in [6.45, 7) is 3.80. The maximum atomic E-state index is 11.7. The molecule has 0 radical (unpaired) electrons. The molecule has 0 aromatic carbocycles. The van der Waals surface area contributed by atoms with Crippen molar-refractivity contribution in [3.63, 3.8) is 0 Å². The Labute approximate surface area is 90.6 Å². The molecular formula is C10H20N2OS. The van der Waals surface area contributed by atoms with Gasteiger partial charge in [-0.1, -0.05) is 6.92 Å². The van der Waals surface area contributed by atoms with Crippen molar-refractivity contribution in [2.45, 2.75) is 25.8 Å². The normalized spacial score (nSPS) is 21.1. The molecule has 4 heteroatoms. The molecule has 1 unspecified atom stereocenters. The molecule has 1 saturated heterocycles. The monoisotopic (exact) mass is 216 g/mol. The van der Waals surface area contributed by atoms with Crippen LogP contribution in [0.3, 0.4) is 0 Å². The lowest BCUT2D eigenvalue weighted by Crippen LogP contribution is -2.38. The first kappa shape index (κ1) is 11.9. The van der Waals surface area contributed by atoms with Crippen LogP contribution in [0, 0.1) is 0 Å². The van der Waals surface area contributed by atoms with Gasteiger partial charge in [0.15, 0.2) is 0 Å². The molecule has 1 atom stereocenters. The fourth-order valence-electron chi connectivity index (χ4n) is 1.58. The van der Waals surface area contributed by atoms with E-state index in [2.05, 4.69) is 12.2 Å². The topological polar surface area (TPSA) is 32.3 Å². The van der Waals surface area contributed by atoms with Crippen LogP contribution in [0.2, 0.25) is 0 Å². The molecule has 1 heterocycles. The van der Waals surface area contributed by atoms with Crippen LogP contribution in [0.5, 0.6) is 0 Å². The zero-order chi connectivity index (χ0) is 10.4. The highest BCUT2D eigenvalue weighted by Crippen LogP contribution is 2.21. The number of amides is 1. The van der Waals surface area contributed by atoms with E-state index < -0.39 is 0 Å². The van der Waals surface area contributed by atoms with E-state index >= 15 is 0 Å². The van der Waals surface area contributed by atoms with Gasteiger partial charge in [-0.3, -0.25) is 4.79 Å². The number of rotatable bonds is 5. The molecule has 1 amide bonds. The van der Waals surface area contributed by atoms with E-state index in [1.807, 2.05) is 23.7 Å². The molecule has 1 fully saturated rings. The third-order valence-electron chi connectivity index (χ3n) is 2.61. The average Bonchev–Trinajstić information content (AvgIpc) is 2.69. The maximum absolute atomic E-state index is 11.7. The molecule has 3 nitrogen and oxygen atoms in total. The van der Waals surface area contributed by atoms with Crippen molar-refractivity contribution in [1.29, 1.82) is 0 Å². The van der Waals surface area contributed by atoms with Crippen LogP contribution in [0.1, 0.15) is 19.8 Å². The van der Waals surface area contributed by atoms with Gasteiger partial charge >= 0.3 is 0 Å². The van der Waals surface area contributed by atoms with E-state index in [0.29, 0.717) is 12.5 Å². The lowest BCUT2D eigenvalue weighted by atomic mass is 10.2. The van der Waals surface area contributed by atoms with Crippen LogP contribution in [-0.4, -0.2) is 48.5 Å². The molecule has 1 rings (SSSR count). The first-order valence-corrected chi connectivity index (χ1v) is 6.45. The van der Waals surface area contributed by atoms with E-state index in [0.717, 1.165) is 25.3 Å². The number of nitrogens with one attached hydrogen (secondary N) is 1. The molecule has 0 saturated carbocycles. The minimum atomic E-state index is 0.276. The molecule has 0 aromatic rings. The summed E-state index contributed by atoms with van der Waals surface area (Å²) in [6.07, 6.45) is 1.79. The van der Waals surface area contributed by atoms with Crippen molar-refractivity contribution in [2.75, 3.05) is 31.6 Å². The highest BCUT2D eigenvalue weighted by molar-refractivity contribution is 7.99. The molecule has 0 bridgehead atoms. The van der Waals surface area contributed by atoms with Crippen molar-refractivity contribution in [1.82, 2.24) is 10.2 Å². The third kappa shape index (κ3) is 3.50. The number of carbonyl (C=O) groups is 1. The minimum Gasteiger partial charge on any atom is -0.342 e. The smallest absolute Gasteiger partial charge is 0.223 e. The summed E-state index contributed by atoms with van der Waals surface area (Å²) in [5.74, 6) is 2.59. The lowest BCUT2D eigenvalue weighted by molar-refractivity contribution is -0.131. The van der Waals surface area contributed by atoms with Crippen molar-refractivity contribution in [3.05, 3.63) is 0 Å². The summed E-state index contributed by atoms with van der Waals surface area (Å²) >= 11 is 1.95. The van der Waals surface area contributed by atoms with E-state index in [1.54, 1.807) is 0 Å². The Balaban J connectivity index is 2.21. The number of nitrogens with zero attached hydrogens (tertiary/aromatic N) is 1. The van der Waals surface area contributed by atoms with Crippen molar-refractivity contribution >= 4 is 17.7 Å². The Morgan fingerprint density at radius 1 is 1.64 bits per heavy atom. The predicted octanol–water partition coefficient (Wildman–Crippen LogP) is 0.950. The van der Waals surface area contributed by atoms with Crippen LogP contribution in [0.25, 0.3) is 0 Å². The molecule has 1 aliphatic heterocycles. The number of hydrogen-bond acceptors (Lipinski definition) is 3. The van der Waals surface area contributed by atoms with Gasteiger partial charge in [0.2, 0.25) is 5.91 Å². The average molecular weight is 216 g/mol. The first-order valence-electron chi connectivity index (χ1n) is 5.29. The Kier molecular flexibility index (Phi) is 5.33. The Morgan fingerprint density at radius 2 is 2.43 bits per heavy atom. The van der Waals surface area contributed by atoms with Crippen LogP contribution in [0.15, 0.2) is 0 Å². The van der Waals surface area contributed by atoms with Gasteiger partial charge in [-0.25, -0.2) is 0 Å². The van der Waals surface area contributed by atoms with E-state index in [-0.39, 0.29) is 5.91 Å². The van der Waals surface area contributed by atoms with Crippen LogP contribution in [0.4, 0.5) is 0 Å². The summed E-state index contributed by atoms with van der Waals surface area (Å²) in [5.41, 5.74) is 0. The molecule has 0 aliphatic carbocycles. The fraction of sp³-hybridized carbons (Fsp3) is 0.900. The second-order valence-electron chi connectivity index (χ2n) is 3.63. The highest BCUT2D eigenvalue weighted by atomic mass is 32.2. The largest absolute Gasteiger partial charge is 0.342 e. The third-order valence-corrected chi connectivity index (χ3v) is 3.76. The summed E-state index contributed by atoms with van der Waals surface area (Å²) in [4.78, 5) is 13.6. The predicted molar refractivity (Wildman–Crippen MR) is 61.7 cm³/mol. The van der Waals surface area contributed by atoms with Gasteiger partial charge in [0.05, 0.1) is 0 Å². The van der Waals surface area contributed by atoms with Gasteiger partial charge in [-0.2, -0.15) is 11.8 Å². The van der Waals surface area contributed by atoms with Gasteiger partial charge in [0.1, 0.15) is 0 Å². The molecule has 14 heavy (non-hydrogen) atoms. The van der Waals surface area contributed by atoms with Gasteiger partial charge in [-0.15, -0.1) is 0 Å². The summed E-state index contributed by atoms with van der Waals surface area (Å²) in [7, 11) is 1.94. The standard InChI is InChI=1S/C10H20N2OS/c1-3-11-6-4-10(13)12(2)9-5-7-14-8-9/h9,11H,3-8H2,1-2H3. The molecule has 0 aromatic heterocycles. The van der Waals surface area contributed by atoms with E-state index in [1.165, 1.54) is 5.75 Å². The second-order valence-corrected chi connectivity index (χ2v) is 4.78. The van der Waals surface area contributed by atoms with Crippen LogP contribution < -0.4 is 5.32 Å². The summed E-state index contributed by atoms with van der Waals surface area (Å²) in [5, 5.41) is 3.17. The first-order chi connectivity index (χ1) is 6.75. The maximum Gasteiger partial charge on any atom is 0.223 e. The minimum absolute atomic E-state index is 0.276. The molecule has 1 N–H and O–H groups in total. The Hall–Kier alpha value is -0.220. The zero-order valence-electron chi connectivity index (χ0n) is 9.08. The van der Waals surface area contributed by atoms with Gasteiger partial charge in [-0.05, 0) is 18.7 Å². The summed E-state index contributed by atoms with van der Waals surface area (Å²) < 4.78 is 0. The van der Waals surface area contributed by atoms with E-state index in [9.17, 15) is 4.79 Å². The summed E-state index contributed by atoms with van der Waals surface area (Å²) in [6, 6.07) is 0.481. The number of hydrogen-bond donors (Lipinski definition) is 1. The van der Waals surface area contributed by atoms with Crippen LogP contribution >= 0.6 is 11.8 Å². The zero-order valence-corrected chi connectivity index (χ0v) is 9.90. The van der Waals surface area contributed by atoms with Gasteiger partial charge in [0.25, 0.3) is 0 Å². The SMILES string of the molecule is CCNCCC(=O)N(C)C1CCSC1. The van der Waals surface area contributed by atoms with E-state index in [4.69, 9.17) is 0 Å². The van der Waals surface area contributed by atoms with Crippen molar-refractivity contribution in [3.8, 4) is 0 Å². The molecular weight excluding hydrogens is 196 g/mol. The van der Waals surface area contributed by atoms with Crippen molar-refractivity contribution in [2.24, 2.45) is 0 Å². The number of carbonyl (C=O) groups excluding carboxylic acids is 1. The quantitative estimate of drug-likeness (QED) is 0.695. The molecule has 82 valence electrons. The Morgan fingerprint density at radius 3 is 3.00 bits per heavy atom. The number of thioether (sulfide) groups is 1. The van der Waals surface area contributed by atoms with Gasteiger partial charge in [0, 0.05) is 31.8 Å². The fourth-order valence-corrected chi connectivity index (χ4v) is 2.85. The molecule has 0 spiro atoms. The van der Waals surface area contributed by atoms with Crippen molar-refractivity contribution < 1.29 is 4.79 Å². The lowest BCUT2D eigenvalue weighted by Gasteiger charge is -2.23.